The van der Waals surface area contributed by atoms with Crippen molar-refractivity contribution in [3.63, 3.8) is 0 Å². The highest BCUT2D eigenvalue weighted by molar-refractivity contribution is 5.40. The summed E-state index contributed by atoms with van der Waals surface area (Å²) in [6.07, 6.45) is 1.72. The van der Waals surface area contributed by atoms with Gasteiger partial charge in [-0.25, -0.2) is 4.98 Å². The molecular formula is C8H13N3. The molecule has 11 heavy (non-hydrogen) atoms. The minimum Gasteiger partial charge on any atom is -0.383 e. The second kappa shape index (κ2) is 2.88. The molecule has 1 unspecified atom stereocenters. The molecule has 1 heterocycles. The number of aromatic nitrogens is 1. The Morgan fingerprint density at radius 1 is 1.55 bits per heavy atom. The largest absolute Gasteiger partial charge is 0.383 e. The Morgan fingerprint density at radius 3 is 2.64 bits per heavy atom. The molecule has 3 heteroatoms. The van der Waals surface area contributed by atoms with E-state index in [9.17, 15) is 0 Å². The van der Waals surface area contributed by atoms with Crippen LogP contribution in [-0.4, -0.2) is 4.98 Å². The molecule has 0 aliphatic heterocycles. The van der Waals surface area contributed by atoms with Gasteiger partial charge in [0.25, 0.3) is 0 Å². The fourth-order valence-electron chi connectivity index (χ4n) is 0.856. The van der Waals surface area contributed by atoms with Gasteiger partial charge in [0.2, 0.25) is 0 Å². The fraction of sp³-hybridized carbons (Fsp3) is 0.375. The second-order valence-corrected chi connectivity index (χ2v) is 2.76. The standard InChI is InChI=1S/C8H13N3/c1-5-3-7(6(2)9)4-11-8(5)10/h3-4,6H,9H2,1-2H3,(H2,10,11). The first kappa shape index (κ1) is 8.01. The monoisotopic (exact) mass is 151 g/mol. The lowest BCUT2D eigenvalue weighted by Crippen LogP contribution is -2.06. The molecule has 0 radical (unpaired) electrons. The van der Waals surface area contributed by atoms with Gasteiger partial charge in [-0.3, -0.25) is 0 Å². The number of nitrogen functional groups attached to an aromatic ring is 1. The number of pyridine rings is 1. The summed E-state index contributed by atoms with van der Waals surface area (Å²) in [6, 6.07) is 1.99. The highest BCUT2D eigenvalue weighted by atomic mass is 14.8. The van der Waals surface area contributed by atoms with Crippen molar-refractivity contribution in [1.82, 2.24) is 4.98 Å². The molecule has 1 atom stereocenters. The minimum absolute atomic E-state index is 0.0294. The van der Waals surface area contributed by atoms with Gasteiger partial charge >= 0.3 is 0 Å². The molecule has 0 aromatic carbocycles. The summed E-state index contributed by atoms with van der Waals surface area (Å²) in [5.41, 5.74) is 13.2. The highest BCUT2D eigenvalue weighted by Crippen LogP contribution is 2.13. The zero-order valence-electron chi connectivity index (χ0n) is 6.83. The van der Waals surface area contributed by atoms with Crippen molar-refractivity contribution >= 4 is 5.82 Å². The van der Waals surface area contributed by atoms with E-state index in [4.69, 9.17) is 11.5 Å². The quantitative estimate of drug-likeness (QED) is 0.629. The molecule has 1 aromatic rings. The van der Waals surface area contributed by atoms with Crippen LogP contribution in [0.1, 0.15) is 24.1 Å². The van der Waals surface area contributed by atoms with Crippen LogP contribution in [0.25, 0.3) is 0 Å². The van der Waals surface area contributed by atoms with Crippen molar-refractivity contribution < 1.29 is 0 Å². The molecule has 0 aliphatic carbocycles. The summed E-state index contributed by atoms with van der Waals surface area (Å²) < 4.78 is 0. The van der Waals surface area contributed by atoms with Gasteiger partial charge in [0.15, 0.2) is 0 Å². The van der Waals surface area contributed by atoms with Gasteiger partial charge in [-0.1, -0.05) is 0 Å². The van der Waals surface area contributed by atoms with E-state index in [0.717, 1.165) is 11.1 Å². The first-order valence-electron chi connectivity index (χ1n) is 3.59. The average Bonchev–Trinajstić information content (AvgIpc) is 1.94. The molecule has 0 spiro atoms. The van der Waals surface area contributed by atoms with Crippen molar-refractivity contribution in [2.24, 2.45) is 5.73 Å². The molecule has 60 valence electrons. The van der Waals surface area contributed by atoms with Crippen LogP contribution in [0.15, 0.2) is 12.3 Å². The van der Waals surface area contributed by atoms with E-state index in [0.29, 0.717) is 5.82 Å². The van der Waals surface area contributed by atoms with Crippen LogP contribution in [0.4, 0.5) is 5.82 Å². The summed E-state index contributed by atoms with van der Waals surface area (Å²) in [5, 5.41) is 0. The number of aryl methyl sites for hydroxylation is 1. The average molecular weight is 151 g/mol. The van der Waals surface area contributed by atoms with Gasteiger partial charge in [0.1, 0.15) is 5.82 Å². The molecule has 1 aromatic heterocycles. The van der Waals surface area contributed by atoms with Crippen LogP contribution in [0, 0.1) is 6.92 Å². The summed E-state index contributed by atoms with van der Waals surface area (Å²) in [6.45, 7) is 3.85. The Hall–Kier alpha value is -1.09. The summed E-state index contributed by atoms with van der Waals surface area (Å²) in [7, 11) is 0. The Kier molecular flexibility index (Phi) is 2.10. The predicted octanol–water partition coefficient (Wildman–Crippen LogP) is 0.992. The van der Waals surface area contributed by atoms with Gasteiger partial charge in [0, 0.05) is 12.2 Å². The maximum absolute atomic E-state index is 5.65. The van der Waals surface area contributed by atoms with Gasteiger partial charge in [0.05, 0.1) is 0 Å². The Labute approximate surface area is 66.4 Å². The summed E-state index contributed by atoms with van der Waals surface area (Å²) >= 11 is 0. The predicted molar refractivity (Wildman–Crippen MR) is 46.0 cm³/mol. The van der Waals surface area contributed by atoms with Gasteiger partial charge < -0.3 is 11.5 Å². The van der Waals surface area contributed by atoms with E-state index in [1.807, 2.05) is 19.9 Å². The van der Waals surface area contributed by atoms with E-state index in [-0.39, 0.29) is 6.04 Å². The van der Waals surface area contributed by atoms with Crippen LogP contribution in [0.2, 0.25) is 0 Å². The molecule has 0 saturated carbocycles. The number of rotatable bonds is 1. The van der Waals surface area contributed by atoms with Crippen LogP contribution in [0.5, 0.6) is 0 Å². The van der Waals surface area contributed by atoms with Crippen molar-refractivity contribution in [2.45, 2.75) is 19.9 Å². The number of hydrogen-bond acceptors (Lipinski definition) is 3. The summed E-state index contributed by atoms with van der Waals surface area (Å²) in [4.78, 5) is 4.00. The SMILES string of the molecule is Cc1cc(C(C)N)cnc1N. The lowest BCUT2D eigenvalue weighted by Gasteiger charge is -2.06. The molecule has 0 saturated heterocycles. The van der Waals surface area contributed by atoms with Crippen molar-refractivity contribution in [3.8, 4) is 0 Å². The molecule has 0 aliphatic rings. The van der Waals surface area contributed by atoms with Gasteiger partial charge in [-0.05, 0) is 31.0 Å². The number of anilines is 1. The number of hydrogen-bond donors (Lipinski definition) is 2. The molecule has 0 amide bonds. The van der Waals surface area contributed by atoms with E-state index in [1.54, 1.807) is 6.20 Å². The Bertz CT molecular complexity index is 256. The van der Waals surface area contributed by atoms with Crippen LogP contribution in [0.3, 0.4) is 0 Å². The number of nitrogens with two attached hydrogens (primary N) is 2. The van der Waals surface area contributed by atoms with Crippen LogP contribution < -0.4 is 11.5 Å². The smallest absolute Gasteiger partial charge is 0.126 e. The van der Waals surface area contributed by atoms with E-state index >= 15 is 0 Å². The van der Waals surface area contributed by atoms with Crippen molar-refractivity contribution in [2.75, 3.05) is 5.73 Å². The highest BCUT2D eigenvalue weighted by Gasteiger charge is 2.01. The molecule has 3 nitrogen and oxygen atoms in total. The summed E-state index contributed by atoms with van der Waals surface area (Å²) in [5.74, 6) is 0.578. The first-order chi connectivity index (χ1) is 5.11. The van der Waals surface area contributed by atoms with E-state index in [2.05, 4.69) is 4.98 Å². The third-order valence-corrected chi connectivity index (χ3v) is 1.67. The number of nitrogens with zero attached hydrogens (tertiary/aromatic N) is 1. The molecule has 1 rings (SSSR count). The second-order valence-electron chi connectivity index (χ2n) is 2.76. The molecule has 0 bridgehead atoms. The minimum atomic E-state index is 0.0294. The van der Waals surface area contributed by atoms with Gasteiger partial charge in [-0.2, -0.15) is 0 Å². The normalized spacial score (nSPS) is 13.0. The van der Waals surface area contributed by atoms with Crippen molar-refractivity contribution in [1.29, 1.82) is 0 Å². The lowest BCUT2D eigenvalue weighted by molar-refractivity contribution is 0.810. The van der Waals surface area contributed by atoms with Crippen LogP contribution >= 0.6 is 0 Å². The Morgan fingerprint density at radius 2 is 2.18 bits per heavy atom. The first-order valence-corrected chi connectivity index (χ1v) is 3.59. The maximum atomic E-state index is 5.65. The van der Waals surface area contributed by atoms with Gasteiger partial charge in [-0.15, -0.1) is 0 Å². The zero-order valence-corrected chi connectivity index (χ0v) is 6.83. The molecule has 0 fully saturated rings. The third kappa shape index (κ3) is 1.68. The van der Waals surface area contributed by atoms with Crippen LogP contribution in [-0.2, 0) is 0 Å². The fourth-order valence-corrected chi connectivity index (χ4v) is 0.856. The molecular weight excluding hydrogens is 138 g/mol. The van der Waals surface area contributed by atoms with Crippen molar-refractivity contribution in [3.05, 3.63) is 23.4 Å². The third-order valence-electron chi connectivity index (χ3n) is 1.67. The topological polar surface area (TPSA) is 64.9 Å². The zero-order chi connectivity index (χ0) is 8.43. The lowest BCUT2D eigenvalue weighted by atomic mass is 10.1. The maximum Gasteiger partial charge on any atom is 0.126 e. The van der Waals surface area contributed by atoms with E-state index in [1.165, 1.54) is 0 Å². The molecule has 4 N–H and O–H groups in total. The Balaban J connectivity index is 3.05. The van der Waals surface area contributed by atoms with E-state index < -0.39 is 0 Å².